The molecular weight excluding hydrogens is 252 g/mol. The van der Waals surface area contributed by atoms with E-state index < -0.39 is 11.6 Å². The number of halogens is 2. The fourth-order valence-electron chi connectivity index (χ4n) is 1.90. The Morgan fingerprint density at radius 3 is 2.37 bits per heavy atom. The molecule has 0 saturated carbocycles. The van der Waals surface area contributed by atoms with Crippen LogP contribution in [0, 0.1) is 11.6 Å². The molecule has 0 spiro atoms. The van der Waals surface area contributed by atoms with Crippen molar-refractivity contribution >= 4 is 17.3 Å². The van der Waals surface area contributed by atoms with Gasteiger partial charge in [-0.05, 0) is 26.0 Å². The van der Waals surface area contributed by atoms with Crippen LogP contribution in [0.1, 0.15) is 13.8 Å². The molecule has 0 fully saturated rings. The lowest BCUT2D eigenvalue weighted by Gasteiger charge is -2.25. The molecular formula is C13H19F2N3O. The van der Waals surface area contributed by atoms with Crippen LogP contribution < -0.4 is 10.6 Å². The molecule has 0 atom stereocenters. The molecule has 1 aromatic carbocycles. The molecule has 6 heteroatoms. The normalized spacial score (nSPS) is 10.4. The van der Waals surface area contributed by atoms with Gasteiger partial charge in [0.25, 0.3) is 0 Å². The van der Waals surface area contributed by atoms with E-state index in [-0.39, 0.29) is 23.8 Å². The minimum Gasteiger partial charge on any atom is -0.397 e. The Kier molecular flexibility index (Phi) is 5.09. The number of nitrogens with two attached hydrogens (primary N) is 1. The zero-order valence-corrected chi connectivity index (χ0v) is 11.4. The molecule has 1 rings (SSSR count). The van der Waals surface area contributed by atoms with Crippen molar-refractivity contribution in [3.63, 3.8) is 0 Å². The van der Waals surface area contributed by atoms with Gasteiger partial charge in [0.1, 0.15) is 0 Å². The third-order valence-corrected chi connectivity index (χ3v) is 2.97. The first kappa shape index (κ1) is 15.2. The minimum absolute atomic E-state index is 0.0494. The van der Waals surface area contributed by atoms with Crippen LogP contribution >= 0.6 is 0 Å². The Hall–Kier alpha value is -1.85. The van der Waals surface area contributed by atoms with Crippen LogP contribution in [-0.2, 0) is 4.79 Å². The summed E-state index contributed by atoms with van der Waals surface area (Å²) in [4.78, 5) is 14.9. The molecule has 4 nitrogen and oxygen atoms in total. The van der Waals surface area contributed by atoms with Gasteiger partial charge in [0.05, 0.1) is 17.9 Å². The van der Waals surface area contributed by atoms with E-state index in [1.165, 1.54) is 18.0 Å². The number of carbonyl (C=O) groups is 1. The number of nitrogens with zero attached hydrogens (tertiary/aromatic N) is 2. The lowest BCUT2D eigenvalue weighted by atomic mass is 10.2. The van der Waals surface area contributed by atoms with Gasteiger partial charge in [-0.3, -0.25) is 4.79 Å². The first-order valence-corrected chi connectivity index (χ1v) is 6.14. The van der Waals surface area contributed by atoms with Crippen molar-refractivity contribution in [3.8, 4) is 0 Å². The highest BCUT2D eigenvalue weighted by Gasteiger charge is 2.19. The quantitative estimate of drug-likeness (QED) is 0.831. The Balaban J connectivity index is 2.93. The number of likely N-dealkylation sites (N-methyl/N-ethyl adjacent to an activating group) is 2. The van der Waals surface area contributed by atoms with E-state index in [9.17, 15) is 13.6 Å². The molecule has 0 aliphatic rings. The summed E-state index contributed by atoms with van der Waals surface area (Å²) in [5, 5.41) is 0. The van der Waals surface area contributed by atoms with Gasteiger partial charge in [-0.15, -0.1) is 0 Å². The van der Waals surface area contributed by atoms with Gasteiger partial charge in [-0.1, -0.05) is 0 Å². The first-order valence-electron chi connectivity index (χ1n) is 6.14. The van der Waals surface area contributed by atoms with Crippen LogP contribution in [0.4, 0.5) is 20.2 Å². The fourth-order valence-corrected chi connectivity index (χ4v) is 1.90. The van der Waals surface area contributed by atoms with E-state index >= 15 is 0 Å². The summed E-state index contributed by atoms with van der Waals surface area (Å²) in [6.45, 7) is 4.82. The van der Waals surface area contributed by atoms with E-state index in [0.717, 1.165) is 6.07 Å². The minimum atomic E-state index is -1.03. The van der Waals surface area contributed by atoms with Crippen molar-refractivity contribution in [1.29, 1.82) is 0 Å². The molecule has 0 saturated heterocycles. The summed E-state index contributed by atoms with van der Waals surface area (Å²) in [5.41, 5.74) is 5.66. The fraction of sp³-hybridized carbons (Fsp3) is 0.462. The Bertz CT molecular complexity index is 461. The lowest BCUT2D eigenvalue weighted by Crippen LogP contribution is -2.39. The van der Waals surface area contributed by atoms with Crippen molar-refractivity contribution in [1.82, 2.24) is 4.90 Å². The summed E-state index contributed by atoms with van der Waals surface area (Å²) in [7, 11) is 1.51. The van der Waals surface area contributed by atoms with Gasteiger partial charge in [0.15, 0.2) is 11.6 Å². The second-order valence-corrected chi connectivity index (χ2v) is 4.22. The molecule has 1 aromatic rings. The van der Waals surface area contributed by atoms with Crippen LogP contribution in [0.5, 0.6) is 0 Å². The first-order chi connectivity index (χ1) is 8.92. The molecule has 0 bridgehead atoms. The Morgan fingerprint density at radius 2 is 1.84 bits per heavy atom. The van der Waals surface area contributed by atoms with Crippen molar-refractivity contribution in [2.45, 2.75) is 13.8 Å². The predicted molar refractivity (Wildman–Crippen MR) is 72.0 cm³/mol. The van der Waals surface area contributed by atoms with Crippen LogP contribution in [0.3, 0.4) is 0 Å². The van der Waals surface area contributed by atoms with Gasteiger partial charge in [0, 0.05) is 20.1 Å². The van der Waals surface area contributed by atoms with Gasteiger partial charge in [-0.25, -0.2) is 8.78 Å². The number of anilines is 2. The summed E-state index contributed by atoms with van der Waals surface area (Å²) in [5.74, 6) is -2.17. The molecule has 19 heavy (non-hydrogen) atoms. The molecule has 0 heterocycles. The van der Waals surface area contributed by atoms with Crippen LogP contribution in [0.25, 0.3) is 0 Å². The highest BCUT2D eigenvalue weighted by atomic mass is 19.2. The zero-order valence-electron chi connectivity index (χ0n) is 11.4. The van der Waals surface area contributed by atoms with Crippen molar-refractivity contribution in [2.24, 2.45) is 0 Å². The maximum absolute atomic E-state index is 13.7. The summed E-state index contributed by atoms with van der Waals surface area (Å²) < 4.78 is 26.9. The van der Waals surface area contributed by atoms with Crippen LogP contribution in [0.15, 0.2) is 12.1 Å². The maximum Gasteiger partial charge on any atom is 0.242 e. The topological polar surface area (TPSA) is 49.6 Å². The number of carbonyl (C=O) groups excluding carboxylic acids is 1. The van der Waals surface area contributed by atoms with Gasteiger partial charge < -0.3 is 15.5 Å². The molecule has 2 N–H and O–H groups in total. The molecule has 106 valence electrons. The molecule has 0 aliphatic heterocycles. The van der Waals surface area contributed by atoms with Crippen LogP contribution in [0.2, 0.25) is 0 Å². The van der Waals surface area contributed by atoms with E-state index in [2.05, 4.69) is 0 Å². The summed E-state index contributed by atoms with van der Waals surface area (Å²) >= 11 is 0. The SMILES string of the molecule is CCN(CC)C(=O)CN(C)c1c(N)ccc(F)c1F. The van der Waals surface area contributed by atoms with Crippen molar-refractivity contribution in [3.05, 3.63) is 23.8 Å². The zero-order chi connectivity index (χ0) is 14.6. The van der Waals surface area contributed by atoms with E-state index in [4.69, 9.17) is 5.73 Å². The van der Waals surface area contributed by atoms with E-state index in [0.29, 0.717) is 13.1 Å². The number of nitrogen functional groups attached to an aromatic ring is 1. The number of rotatable bonds is 5. The predicted octanol–water partition coefficient (Wildman–Crippen LogP) is 1.85. The summed E-state index contributed by atoms with van der Waals surface area (Å²) in [6.07, 6.45) is 0. The molecule has 0 aromatic heterocycles. The number of benzene rings is 1. The van der Waals surface area contributed by atoms with Gasteiger partial charge in [-0.2, -0.15) is 0 Å². The van der Waals surface area contributed by atoms with Gasteiger partial charge >= 0.3 is 0 Å². The standard InChI is InChI=1S/C13H19F2N3O/c1-4-18(5-2)11(19)8-17(3)13-10(16)7-6-9(14)12(13)15/h6-7H,4-5,8,16H2,1-3H3. The number of amides is 1. The average Bonchev–Trinajstić information content (AvgIpc) is 2.36. The second-order valence-electron chi connectivity index (χ2n) is 4.22. The largest absolute Gasteiger partial charge is 0.397 e. The molecule has 0 unspecified atom stereocenters. The van der Waals surface area contributed by atoms with Crippen molar-refractivity contribution < 1.29 is 13.6 Å². The van der Waals surface area contributed by atoms with Crippen molar-refractivity contribution in [2.75, 3.05) is 37.3 Å². The molecule has 1 amide bonds. The Morgan fingerprint density at radius 1 is 1.26 bits per heavy atom. The smallest absolute Gasteiger partial charge is 0.242 e. The summed E-state index contributed by atoms with van der Waals surface area (Å²) in [6, 6.07) is 2.25. The Labute approximate surface area is 111 Å². The van der Waals surface area contributed by atoms with Gasteiger partial charge in [0.2, 0.25) is 5.91 Å². The maximum atomic E-state index is 13.7. The monoisotopic (exact) mass is 271 g/mol. The van der Waals surface area contributed by atoms with E-state index in [1.54, 1.807) is 4.90 Å². The van der Waals surface area contributed by atoms with E-state index in [1.807, 2.05) is 13.8 Å². The van der Waals surface area contributed by atoms with Crippen LogP contribution in [-0.4, -0.2) is 37.5 Å². The number of hydrogen-bond donors (Lipinski definition) is 1. The molecule has 0 aliphatic carbocycles. The third-order valence-electron chi connectivity index (χ3n) is 2.97. The number of hydrogen-bond acceptors (Lipinski definition) is 3. The highest BCUT2D eigenvalue weighted by molar-refractivity contribution is 5.83. The third kappa shape index (κ3) is 3.33. The second kappa shape index (κ2) is 6.36. The average molecular weight is 271 g/mol. The lowest BCUT2D eigenvalue weighted by molar-refractivity contribution is -0.129. The molecule has 0 radical (unpaired) electrons. The highest BCUT2D eigenvalue weighted by Crippen LogP contribution is 2.27.